The van der Waals surface area contributed by atoms with Crippen LogP contribution in [0.1, 0.15) is 12.5 Å². The Labute approximate surface area is 217 Å². The lowest BCUT2D eigenvalue weighted by Gasteiger charge is -2.43. The zero-order valence-electron chi connectivity index (χ0n) is 21.2. The summed E-state index contributed by atoms with van der Waals surface area (Å²) >= 11 is 0. The predicted octanol–water partition coefficient (Wildman–Crippen LogP) is 3.64. The highest BCUT2D eigenvalue weighted by atomic mass is 19.4. The fourth-order valence-electron chi connectivity index (χ4n) is 4.21. The molecule has 2 aromatic carbocycles. The van der Waals surface area contributed by atoms with Crippen molar-refractivity contribution in [1.82, 2.24) is 20.2 Å². The highest BCUT2D eigenvalue weighted by molar-refractivity contribution is 5.55. The van der Waals surface area contributed by atoms with E-state index in [0.717, 1.165) is 11.1 Å². The van der Waals surface area contributed by atoms with Crippen molar-refractivity contribution in [2.24, 2.45) is 0 Å². The number of nitrogens with one attached hydrogen (secondary N) is 1. The van der Waals surface area contributed by atoms with Crippen LogP contribution in [-0.2, 0) is 30.3 Å². The number of hydrogen-bond donors (Lipinski definition) is 1. The van der Waals surface area contributed by atoms with E-state index < -0.39 is 18.8 Å². The average molecular weight is 539 g/mol. The molecule has 5 atom stereocenters. The maximum absolute atomic E-state index is 12.4. The lowest BCUT2D eigenvalue weighted by molar-refractivity contribution is -0.319. The third-order valence-electron chi connectivity index (χ3n) is 6.06. The van der Waals surface area contributed by atoms with Crippen LogP contribution in [0, 0.1) is 0 Å². The van der Waals surface area contributed by atoms with Crippen LogP contribution in [0.2, 0.25) is 0 Å². The standard InChI is InChI=1S/C25H29F3N4O6/c1-15-20(33-2)21(34-3)22(35-4)24(36-15)38-30-13-16-5-7-17(8-6-16)23-29-14-32(31-23)18-9-11-19(12-10-18)37-25(26,27)28/h5-12,14-15,20-22,24,30H,13H2,1-4H3/t15-,20-,21-,22-,24-/m0/s1. The number of benzene rings is 2. The third-order valence-corrected chi connectivity index (χ3v) is 6.06. The zero-order chi connectivity index (χ0) is 27.3. The van der Waals surface area contributed by atoms with Crippen molar-refractivity contribution < 1.29 is 41.7 Å². The van der Waals surface area contributed by atoms with Gasteiger partial charge in [-0.05, 0) is 36.8 Å². The number of rotatable bonds is 10. The maximum atomic E-state index is 12.4. The molecule has 0 bridgehead atoms. The number of aromatic nitrogens is 3. The molecule has 1 aliphatic heterocycles. The molecule has 206 valence electrons. The molecule has 1 aromatic heterocycles. The first-order valence-electron chi connectivity index (χ1n) is 11.7. The molecule has 0 spiro atoms. The highest BCUT2D eigenvalue weighted by Gasteiger charge is 2.46. The van der Waals surface area contributed by atoms with Crippen molar-refractivity contribution in [2.75, 3.05) is 21.3 Å². The van der Waals surface area contributed by atoms with E-state index in [-0.39, 0.29) is 24.1 Å². The van der Waals surface area contributed by atoms with Crippen molar-refractivity contribution >= 4 is 0 Å². The molecule has 38 heavy (non-hydrogen) atoms. The van der Waals surface area contributed by atoms with Gasteiger partial charge in [0.05, 0.1) is 11.8 Å². The Morgan fingerprint density at radius 2 is 1.58 bits per heavy atom. The number of hydroxylamine groups is 1. The minimum atomic E-state index is -4.74. The van der Waals surface area contributed by atoms with E-state index in [1.54, 1.807) is 21.3 Å². The van der Waals surface area contributed by atoms with Gasteiger partial charge in [-0.2, -0.15) is 5.48 Å². The van der Waals surface area contributed by atoms with Gasteiger partial charge in [0.25, 0.3) is 0 Å². The number of alkyl halides is 3. The first kappa shape index (κ1) is 28.0. The minimum Gasteiger partial charge on any atom is -0.406 e. The van der Waals surface area contributed by atoms with E-state index in [0.29, 0.717) is 18.1 Å². The van der Waals surface area contributed by atoms with E-state index >= 15 is 0 Å². The van der Waals surface area contributed by atoms with Crippen molar-refractivity contribution in [2.45, 2.75) is 50.5 Å². The quantitative estimate of drug-likeness (QED) is 0.388. The second kappa shape index (κ2) is 12.2. The molecular weight excluding hydrogens is 509 g/mol. The maximum Gasteiger partial charge on any atom is 0.573 e. The summed E-state index contributed by atoms with van der Waals surface area (Å²) < 4.78 is 65.0. The molecule has 1 aliphatic rings. The fraction of sp³-hybridized carbons (Fsp3) is 0.440. The topological polar surface area (TPSA) is 98.1 Å². The summed E-state index contributed by atoms with van der Waals surface area (Å²) in [6, 6.07) is 12.9. The zero-order valence-corrected chi connectivity index (χ0v) is 21.2. The van der Waals surface area contributed by atoms with Crippen LogP contribution in [0.3, 0.4) is 0 Å². The van der Waals surface area contributed by atoms with Crippen LogP contribution >= 0.6 is 0 Å². The monoisotopic (exact) mass is 538 g/mol. The first-order valence-corrected chi connectivity index (χ1v) is 11.7. The second-order valence-electron chi connectivity index (χ2n) is 8.50. The van der Waals surface area contributed by atoms with Gasteiger partial charge in [-0.15, -0.1) is 18.3 Å². The number of halogens is 3. The van der Waals surface area contributed by atoms with Crippen molar-refractivity contribution in [3.8, 4) is 22.8 Å². The van der Waals surface area contributed by atoms with Crippen LogP contribution in [0.25, 0.3) is 17.1 Å². The van der Waals surface area contributed by atoms with Gasteiger partial charge < -0.3 is 23.7 Å². The van der Waals surface area contributed by atoms with Crippen LogP contribution in [0.15, 0.2) is 54.9 Å². The smallest absolute Gasteiger partial charge is 0.406 e. The Balaban J connectivity index is 1.33. The molecule has 0 unspecified atom stereocenters. The summed E-state index contributed by atoms with van der Waals surface area (Å²) in [6.07, 6.45) is -5.38. The molecular formula is C25H29F3N4O6. The Morgan fingerprint density at radius 3 is 2.18 bits per heavy atom. The summed E-state index contributed by atoms with van der Waals surface area (Å²) in [5, 5.41) is 4.41. The van der Waals surface area contributed by atoms with E-state index in [1.165, 1.54) is 35.3 Å². The van der Waals surface area contributed by atoms with Crippen LogP contribution in [0.4, 0.5) is 13.2 Å². The molecule has 1 saturated heterocycles. The largest absolute Gasteiger partial charge is 0.573 e. The van der Waals surface area contributed by atoms with Gasteiger partial charge in [-0.3, -0.25) is 4.84 Å². The van der Waals surface area contributed by atoms with E-state index in [2.05, 4.69) is 20.3 Å². The molecule has 0 radical (unpaired) electrons. The molecule has 3 aromatic rings. The molecule has 1 N–H and O–H groups in total. The van der Waals surface area contributed by atoms with E-state index in [1.807, 2.05) is 31.2 Å². The van der Waals surface area contributed by atoms with Crippen LogP contribution in [0.5, 0.6) is 5.75 Å². The summed E-state index contributed by atoms with van der Waals surface area (Å²) in [6.45, 7) is 2.28. The van der Waals surface area contributed by atoms with Crippen LogP contribution < -0.4 is 10.2 Å². The molecule has 0 saturated carbocycles. The van der Waals surface area contributed by atoms with E-state index in [9.17, 15) is 13.2 Å². The molecule has 0 amide bonds. The van der Waals surface area contributed by atoms with Crippen molar-refractivity contribution in [3.63, 3.8) is 0 Å². The Hall–Kier alpha value is -3.07. The SMILES string of the molecule is CO[C@@H]1[C@H](OC)[C@H](ONCc2ccc(-c3ncn(-c4ccc(OC(F)(F)F)cc4)n3)cc2)O[C@@H](C)[C@@H]1OC. The number of methoxy groups -OCH3 is 3. The second-order valence-corrected chi connectivity index (χ2v) is 8.50. The average Bonchev–Trinajstić information content (AvgIpc) is 3.38. The minimum absolute atomic E-state index is 0.263. The third kappa shape index (κ3) is 6.67. The van der Waals surface area contributed by atoms with Gasteiger partial charge in [0, 0.05) is 33.4 Å². The molecule has 0 aliphatic carbocycles. The Kier molecular flexibility index (Phi) is 8.97. The lowest BCUT2D eigenvalue weighted by Crippen LogP contribution is -2.60. The Morgan fingerprint density at radius 1 is 0.921 bits per heavy atom. The van der Waals surface area contributed by atoms with Crippen molar-refractivity contribution in [1.29, 1.82) is 0 Å². The summed E-state index contributed by atoms with van der Waals surface area (Å²) in [4.78, 5) is 10.1. The summed E-state index contributed by atoms with van der Waals surface area (Å²) in [5.41, 5.74) is 5.16. The number of nitrogens with zero attached hydrogens (tertiary/aromatic N) is 3. The fourth-order valence-corrected chi connectivity index (χ4v) is 4.21. The van der Waals surface area contributed by atoms with Gasteiger partial charge in [-0.1, -0.05) is 24.3 Å². The number of hydrogen-bond acceptors (Lipinski definition) is 9. The molecule has 1 fully saturated rings. The van der Waals surface area contributed by atoms with Crippen LogP contribution in [-0.4, -0.2) is 73.2 Å². The van der Waals surface area contributed by atoms with Crippen molar-refractivity contribution in [3.05, 3.63) is 60.4 Å². The molecule has 2 heterocycles. The van der Waals surface area contributed by atoms with Gasteiger partial charge in [0.1, 0.15) is 30.4 Å². The normalized spacial score (nSPS) is 23.9. The number of ether oxygens (including phenoxy) is 5. The van der Waals surface area contributed by atoms with E-state index in [4.69, 9.17) is 23.8 Å². The predicted molar refractivity (Wildman–Crippen MR) is 128 cm³/mol. The first-order chi connectivity index (χ1) is 18.2. The van der Waals surface area contributed by atoms with Gasteiger partial charge in [0.2, 0.25) is 6.29 Å². The molecule has 13 heteroatoms. The molecule has 4 rings (SSSR count). The lowest BCUT2D eigenvalue weighted by atomic mass is 9.99. The van der Waals surface area contributed by atoms with Gasteiger partial charge >= 0.3 is 6.36 Å². The Bertz CT molecular complexity index is 1160. The highest BCUT2D eigenvalue weighted by Crippen LogP contribution is 2.27. The molecule has 10 nitrogen and oxygen atoms in total. The van der Waals surface area contributed by atoms with Gasteiger partial charge in [-0.25, -0.2) is 9.67 Å². The van der Waals surface area contributed by atoms with Gasteiger partial charge in [0.15, 0.2) is 5.82 Å². The summed E-state index contributed by atoms with van der Waals surface area (Å²) in [7, 11) is 4.75. The summed E-state index contributed by atoms with van der Waals surface area (Å²) in [5.74, 6) is 0.150.